The van der Waals surface area contributed by atoms with Crippen LogP contribution >= 0.6 is 0 Å². The highest BCUT2D eigenvalue weighted by atomic mass is 16.5. The zero-order chi connectivity index (χ0) is 12.7. The fourth-order valence-corrected chi connectivity index (χ4v) is 1.61. The van der Waals surface area contributed by atoms with Crippen LogP contribution in [0, 0.1) is 0 Å². The molecule has 0 fully saturated rings. The van der Waals surface area contributed by atoms with E-state index in [1.54, 1.807) is 18.0 Å². The van der Waals surface area contributed by atoms with E-state index in [0.29, 0.717) is 19.4 Å². The number of carbonyl (C=O) groups is 1. The highest BCUT2D eigenvalue weighted by molar-refractivity contribution is 5.85. The lowest BCUT2D eigenvalue weighted by molar-refractivity contribution is -0.119. The first-order valence-electron chi connectivity index (χ1n) is 5.96. The predicted octanol–water partition coefficient (Wildman–Crippen LogP) is 0.768. The van der Waals surface area contributed by atoms with Gasteiger partial charge in [-0.15, -0.1) is 0 Å². The molecule has 1 atom stereocenters. The van der Waals surface area contributed by atoms with Gasteiger partial charge in [-0.2, -0.15) is 5.10 Å². The van der Waals surface area contributed by atoms with Gasteiger partial charge in [-0.3, -0.25) is 9.48 Å². The molecule has 1 aromatic rings. The second-order valence-electron chi connectivity index (χ2n) is 4.09. The number of hydrogen-bond donors (Lipinski definition) is 1. The van der Waals surface area contributed by atoms with Gasteiger partial charge in [0, 0.05) is 32.9 Å². The molecule has 0 bridgehead atoms. The second kappa shape index (κ2) is 7.19. The number of aromatic nitrogens is 2. The molecule has 0 saturated heterocycles. The molecule has 5 heteroatoms. The fraction of sp³-hybridized carbons (Fsp3) is 0.667. The van der Waals surface area contributed by atoms with E-state index < -0.39 is 6.04 Å². The average molecular weight is 239 g/mol. The van der Waals surface area contributed by atoms with Gasteiger partial charge in [0.15, 0.2) is 5.78 Å². The van der Waals surface area contributed by atoms with E-state index in [9.17, 15) is 4.79 Å². The third-order valence-electron chi connectivity index (χ3n) is 2.67. The minimum Gasteiger partial charge on any atom is -0.385 e. The second-order valence-corrected chi connectivity index (χ2v) is 4.09. The number of nitrogens with zero attached hydrogens (tertiary/aromatic N) is 2. The summed E-state index contributed by atoms with van der Waals surface area (Å²) in [4.78, 5) is 11.8. The van der Waals surface area contributed by atoms with Crippen molar-refractivity contribution in [1.82, 2.24) is 9.78 Å². The van der Waals surface area contributed by atoms with Crippen molar-refractivity contribution in [2.24, 2.45) is 5.73 Å². The molecule has 2 N–H and O–H groups in total. The molecular formula is C12H21N3O2. The molecule has 0 amide bonds. The number of aryl methyl sites for hydroxylation is 1. The van der Waals surface area contributed by atoms with E-state index in [4.69, 9.17) is 10.5 Å². The maximum Gasteiger partial charge on any atom is 0.153 e. The molecule has 0 radical (unpaired) electrons. The maximum atomic E-state index is 11.8. The number of ketones is 1. The summed E-state index contributed by atoms with van der Waals surface area (Å²) in [6, 6.07) is -0.393. The lowest BCUT2D eigenvalue weighted by Crippen LogP contribution is -2.31. The van der Waals surface area contributed by atoms with Crippen molar-refractivity contribution >= 4 is 5.78 Å². The van der Waals surface area contributed by atoms with Crippen LogP contribution < -0.4 is 5.73 Å². The Labute approximate surface area is 102 Å². The summed E-state index contributed by atoms with van der Waals surface area (Å²) >= 11 is 0. The van der Waals surface area contributed by atoms with E-state index in [1.165, 1.54) is 0 Å². The molecule has 5 nitrogen and oxygen atoms in total. The van der Waals surface area contributed by atoms with Gasteiger partial charge in [-0.25, -0.2) is 0 Å². The minimum atomic E-state index is -0.393. The van der Waals surface area contributed by atoms with Gasteiger partial charge < -0.3 is 10.5 Å². The van der Waals surface area contributed by atoms with Crippen LogP contribution in [0.5, 0.6) is 0 Å². The van der Waals surface area contributed by atoms with Gasteiger partial charge in [-0.1, -0.05) is 0 Å². The van der Waals surface area contributed by atoms with Gasteiger partial charge in [0.2, 0.25) is 0 Å². The van der Waals surface area contributed by atoms with E-state index in [1.807, 2.05) is 13.1 Å². The first kappa shape index (κ1) is 13.9. The summed E-state index contributed by atoms with van der Waals surface area (Å²) < 4.78 is 6.73. The Morgan fingerprint density at radius 2 is 2.41 bits per heavy atom. The van der Waals surface area contributed by atoms with Crippen molar-refractivity contribution in [3.05, 3.63) is 18.0 Å². The third-order valence-corrected chi connectivity index (χ3v) is 2.67. The largest absolute Gasteiger partial charge is 0.385 e. The number of methoxy groups -OCH3 is 1. The van der Waals surface area contributed by atoms with Crippen molar-refractivity contribution in [3.8, 4) is 0 Å². The highest BCUT2D eigenvalue weighted by Crippen LogP contribution is 2.04. The normalized spacial score (nSPS) is 12.6. The van der Waals surface area contributed by atoms with E-state index in [0.717, 1.165) is 18.5 Å². The minimum absolute atomic E-state index is 0.0664. The zero-order valence-corrected chi connectivity index (χ0v) is 10.6. The van der Waals surface area contributed by atoms with Gasteiger partial charge in [0.05, 0.1) is 12.2 Å². The Morgan fingerprint density at radius 3 is 3.00 bits per heavy atom. The van der Waals surface area contributed by atoms with Gasteiger partial charge in [0.1, 0.15) is 0 Å². The fourth-order valence-electron chi connectivity index (χ4n) is 1.61. The Hall–Kier alpha value is -1.20. The monoisotopic (exact) mass is 239 g/mol. The van der Waals surface area contributed by atoms with Gasteiger partial charge >= 0.3 is 0 Å². The predicted molar refractivity (Wildman–Crippen MR) is 65.7 cm³/mol. The van der Waals surface area contributed by atoms with Crippen molar-refractivity contribution in [2.45, 2.75) is 38.8 Å². The van der Waals surface area contributed by atoms with Gasteiger partial charge in [-0.05, 0) is 25.3 Å². The molecule has 0 aliphatic heterocycles. The molecule has 17 heavy (non-hydrogen) atoms. The first-order chi connectivity index (χ1) is 8.17. The summed E-state index contributed by atoms with van der Waals surface area (Å²) in [6.07, 6.45) is 5.48. The summed E-state index contributed by atoms with van der Waals surface area (Å²) in [5.74, 6) is 0.0664. The molecule has 0 aliphatic carbocycles. The highest BCUT2D eigenvalue weighted by Gasteiger charge is 2.14. The Bertz CT molecular complexity index is 349. The Kier molecular flexibility index (Phi) is 5.86. The van der Waals surface area contributed by atoms with Crippen LogP contribution in [-0.4, -0.2) is 35.3 Å². The molecule has 1 heterocycles. The molecule has 0 spiro atoms. The van der Waals surface area contributed by atoms with Crippen LogP contribution in [0.15, 0.2) is 12.4 Å². The summed E-state index contributed by atoms with van der Waals surface area (Å²) in [7, 11) is 1.65. The van der Waals surface area contributed by atoms with Crippen molar-refractivity contribution in [1.29, 1.82) is 0 Å². The third kappa shape index (κ3) is 4.66. The van der Waals surface area contributed by atoms with Crippen LogP contribution in [-0.2, 0) is 22.5 Å². The number of ether oxygens (including phenoxy) is 1. The van der Waals surface area contributed by atoms with Crippen LogP contribution in [0.1, 0.15) is 25.3 Å². The molecule has 1 rings (SSSR count). The van der Waals surface area contributed by atoms with Crippen LogP contribution in [0.4, 0.5) is 0 Å². The van der Waals surface area contributed by atoms with Crippen molar-refractivity contribution in [2.75, 3.05) is 13.7 Å². The maximum absolute atomic E-state index is 11.8. The van der Waals surface area contributed by atoms with Crippen LogP contribution in [0.2, 0.25) is 0 Å². The summed E-state index contributed by atoms with van der Waals surface area (Å²) in [6.45, 7) is 3.47. The Balaban J connectivity index is 2.37. The molecule has 0 saturated carbocycles. The molecule has 1 aromatic heterocycles. The lowest BCUT2D eigenvalue weighted by atomic mass is 10.0. The molecule has 96 valence electrons. The Morgan fingerprint density at radius 1 is 1.65 bits per heavy atom. The zero-order valence-electron chi connectivity index (χ0n) is 10.6. The number of Topliss-reactive ketones (excluding diaryl/α,β-unsaturated/α-hetero) is 1. The number of hydrogen-bond acceptors (Lipinski definition) is 4. The molecular weight excluding hydrogens is 218 g/mol. The molecule has 0 aliphatic rings. The SMILES string of the molecule is CCn1cc(CC(=O)C(N)CCCOC)cn1. The van der Waals surface area contributed by atoms with Crippen molar-refractivity contribution < 1.29 is 9.53 Å². The quantitative estimate of drug-likeness (QED) is 0.680. The smallest absolute Gasteiger partial charge is 0.153 e. The molecule has 0 aromatic carbocycles. The topological polar surface area (TPSA) is 70.1 Å². The summed E-state index contributed by atoms with van der Waals surface area (Å²) in [5.41, 5.74) is 6.74. The van der Waals surface area contributed by atoms with E-state index in [-0.39, 0.29) is 5.78 Å². The van der Waals surface area contributed by atoms with Gasteiger partial charge in [0.25, 0.3) is 0 Å². The van der Waals surface area contributed by atoms with Crippen LogP contribution in [0.25, 0.3) is 0 Å². The molecule has 1 unspecified atom stereocenters. The number of nitrogens with two attached hydrogens (primary N) is 1. The standard InChI is InChI=1S/C12H21N3O2/c1-3-15-9-10(8-14-15)7-12(16)11(13)5-4-6-17-2/h8-9,11H,3-7,13H2,1-2H3. The summed E-state index contributed by atoms with van der Waals surface area (Å²) in [5, 5.41) is 4.13. The first-order valence-corrected chi connectivity index (χ1v) is 5.96. The average Bonchev–Trinajstić information content (AvgIpc) is 2.77. The van der Waals surface area contributed by atoms with Crippen LogP contribution in [0.3, 0.4) is 0 Å². The number of rotatable bonds is 8. The van der Waals surface area contributed by atoms with E-state index >= 15 is 0 Å². The van der Waals surface area contributed by atoms with Crippen molar-refractivity contribution in [3.63, 3.8) is 0 Å². The number of carbonyl (C=O) groups excluding carboxylic acids is 1. The lowest BCUT2D eigenvalue weighted by Gasteiger charge is -2.09. The van der Waals surface area contributed by atoms with E-state index in [2.05, 4.69) is 5.10 Å².